The lowest BCUT2D eigenvalue weighted by Crippen LogP contribution is -2.29. The molecule has 1 fully saturated rings. The van der Waals surface area contributed by atoms with Gasteiger partial charge in [-0.25, -0.2) is 4.98 Å². The number of nitrogens with zero attached hydrogens (tertiary/aromatic N) is 2. The molecule has 5 heteroatoms. The van der Waals surface area contributed by atoms with E-state index in [4.69, 9.17) is 0 Å². The lowest BCUT2D eigenvalue weighted by atomic mass is 10.1. The lowest BCUT2D eigenvalue weighted by Gasteiger charge is -2.15. The Morgan fingerprint density at radius 3 is 3.18 bits per heavy atom. The van der Waals surface area contributed by atoms with Crippen molar-refractivity contribution in [1.29, 1.82) is 0 Å². The molecular formula is C12H19N3OS. The summed E-state index contributed by atoms with van der Waals surface area (Å²) in [6.45, 7) is 4.81. The summed E-state index contributed by atoms with van der Waals surface area (Å²) in [6, 6.07) is 0. The first-order valence-corrected chi connectivity index (χ1v) is 6.94. The van der Waals surface area contributed by atoms with Crippen molar-refractivity contribution in [3.8, 4) is 0 Å². The third-order valence-corrected chi connectivity index (χ3v) is 4.26. The van der Waals surface area contributed by atoms with E-state index < -0.39 is 0 Å². The Balaban J connectivity index is 1.96. The average Bonchev–Trinajstić information content (AvgIpc) is 2.97. The minimum absolute atomic E-state index is 0.154. The molecule has 1 saturated heterocycles. The van der Waals surface area contributed by atoms with Gasteiger partial charge in [0.2, 0.25) is 0 Å². The van der Waals surface area contributed by atoms with Gasteiger partial charge < -0.3 is 10.2 Å². The van der Waals surface area contributed by atoms with E-state index in [9.17, 15) is 4.79 Å². The molecule has 2 heterocycles. The van der Waals surface area contributed by atoms with Crippen molar-refractivity contribution >= 4 is 17.2 Å². The Morgan fingerprint density at radius 2 is 2.53 bits per heavy atom. The third kappa shape index (κ3) is 2.84. The van der Waals surface area contributed by atoms with Crippen LogP contribution >= 0.6 is 11.3 Å². The SMILES string of the molecule is CCc1ncc(C(=O)N2CC[C@H](CNC)C2)s1. The van der Waals surface area contributed by atoms with E-state index >= 15 is 0 Å². The van der Waals surface area contributed by atoms with E-state index in [0.29, 0.717) is 5.92 Å². The van der Waals surface area contributed by atoms with Gasteiger partial charge in [0.25, 0.3) is 5.91 Å². The summed E-state index contributed by atoms with van der Waals surface area (Å²) < 4.78 is 0. The van der Waals surface area contributed by atoms with Gasteiger partial charge in [0.05, 0.1) is 11.2 Å². The summed E-state index contributed by atoms with van der Waals surface area (Å²) in [5.74, 6) is 0.753. The number of carbonyl (C=O) groups is 1. The number of amides is 1. The highest BCUT2D eigenvalue weighted by atomic mass is 32.1. The summed E-state index contributed by atoms with van der Waals surface area (Å²) in [6.07, 6.45) is 3.73. The number of nitrogens with one attached hydrogen (secondary N) is 1. The van der Waals surface area contributed by atoms with E-state index in [1.165, 1.54) is 11.3 Å². The summed E-state index contributed by atoms with van der Waals surface area (Å²) in [4.78, 5) is 19.2. The fourth-order valence-corrected chi connectivity index (χ4v) is 3.03. The molecule has 1 aliphatic heterocycles. The van der Waals surface area contributed by atoms with Gasteiger partial charge in [-0.05, 0) is 32.4 Å². The molecule has 0 aliphatic carbocycles. The van der Waals surface area contributed by atoms with Gasteiger partial charge in [-0.1, -0.05) is 6.92 Å². The smallest absolute Gasteiger partial charge is 0.265 e. The third-order valence-electron chi connectivity index (χ3n) is 3.13. The van der Waals surface area contributed by atoms with Gasteiger partial charge in [-0.15, -0.1) is 11.3 Å². The number of aromatic nitrogens is 1. The van der Waals surface area contributed by atoms with Crippen LogP contribution in [0.1, 0.15) is 28.0 Å². The van der Waals surface area contributed by atoms with Crippen molar-refractivity contribution in [1.82, 2.24) is 15.2 Å². The Labute approximate surface area is 106 Å². The van der Waals surface area contributed by atoms with Crippen LogP contribution in [-0.4, -0.2) is 42.5 Å². The van der Waals surface area contributed by atoms with Gasteiger partial charge in [0.15, 0.2) is 0 Å². The number of thiazole rings is 1. The van der Waals surface area contributed by atoms with E-state index in [0.717, 1.165) is 42.4 Å². The molecule has 0 unspecified atom stereocenters. The zero-order valence-corrected chi connectivity index (χ0v) is 11.2. The van der Waals surface area contributed by atoms with Crippen molar-refractivity contribution in [2.75, 3.05) is 26.7 Å². The quantitative estimate of drug-likeness (QED) is 0.882. The van der Waals surface area contributed by atoms with Crippen LogP contribution in [0.4, 0.5) is 0 Å². The molecule has 0 saturated carbocycles. The normalized spacial score (nSPS) is 19.9. The highest BCUT2D eigenvalue weighted by Crippen LogP contribution is 2.21. The fourth-order valence-electron chi connectivity index (χ4n) is 2.20. The number of hydrogen-bond acceptors (Lipinski definition) is 4. The largest absolute Gasteiger partial charge is 0.338 e. The molecule has 1 aromatic rings. The van der Waals surface area contributed by atoms with Gasteiger partial charge >= 0.3 is 0 Å². The molecule has 17 heavy (non-hydrogen) atoms. The monoisotopic (exact) mass is 253 g/mol. The van der Waals surface area contributed by atoms with E-state index in [-0.39, 0.29) is 5.91 Å². The summed E-state index contributed by atoms with van der Waals surface area (Å²) in [7, 11) is 1.96. The Bertz CT molecular complexity index is 391. The second-order valence-electron chi connectivity index (χ2n) is 4.44. The second-order valence-corrected chi connectivity index (χ2v) is 5.55. The molecule has 4 nitrogen and oxygen atoms in total. The number of hydrogen-bond donors (Lipinski definition) is 1. The predicted molar refractivity (Wildman–Crippen MR) is 69.4 cm³/mol. The lowest BCUT2D eigenvalue weighted by molar-refractivity contribution is 0.0792. The molecule has 1 atom stereocenters. The zero-order valence-electron chi connectivity index (χ0n) is 10.4. The van der Waals surface area contributed by atoms with E-state index in [2.05, 4.69) is 17.2 Å². The van der Waals surface area contributed by atoms with Crippen molar-refractivity contribution in [2.24, 2.45) is 5.92 Å². The van der Waals surface area contributed by atoms with Crippen LogP contribution in [0.3, 0.4) is 0 Å². The van der Waals surface area contributed by atoms with Crippen molar-refractivity contribution in [2.45, 2.75) is 19.8 Å². The highest BCUT2D eigenvalue weighted by molar-refractivity contribution is 7.13. The molecule has 0 bridgehead atoms. The minimum Gasteiger partial charge on any atom is -0.338 e. The van der Waals surface area contributed by atoms with E-state index in [1.807, 2.05) is 11.9 Å². The average molecular weight is 253 g/mol. The Morgan fingerprint density at radius 1 is 1.71 bits per heavy atom. The highest BCUT2D eigenvalue weighted by Gasteiger charge is 2.27. The first-order valence-electron chi connectivity index (χ1n) is 6.13. The van der Waals surface area contributed by atoms with Crippen LogP contribution in [0.25, 0.3) is 0 Å². The van der Waals surface area contributed by atoms with Crippen LogP contribution in [0, 0.1) is 5.92 Å². The second kappa shape index (κ2) is 5.60. The summed E-state index contributed by atoms with van der Waals surface area (Å²) in [5, 5.41) is 4.22. The first kappa shape index (κ1) is 12.5. The molecule has 0 radical (unpaired) electrons. The molecule has 1 N–H and O–H groups in total. The standard InChI is InChI=1S/C12H19N3OS/c1-3-11-14-7-10(17-11)12(16)15-5-4-9(8-15)6-13-2/h7,9,13H,3-6,8H2,1-2H3/t9-/m1/s1. The zero-order chi connectivity index (χ0) is 12.3. The number of rotatable bonds is 4. The van der Waals surface area contributed by atoms with Gasteiger partial charge in [-0.3, -0.25) is 4.79 Å². The molecule has 1 aliphatic rings. The van der Waals surface area contributed by atoms with Crippen molar-refractivity contribution in [3.63, 3.8) is 0 Å². The molecule has 1 aromatic heterocycles. The van der Waals surface area contributed by atoms with Crippen molar-refractivity contribution in [3.05, 3.63) is 16.1 Å². The number of likely N-dealkylation sites (tertiary alicyclic amines) is 1. The molecular weight excluding hydrogens is 234 g/mol. The first-order chi connectivity index (χ1) is 8.24. The number of aryl methyl sites for hydroxylation is 1. The van der Waals surface area contributed by atoms with Gasteiger partial charge in [0.1, 0.15) is 4.88 Å². The maximum Gasteiger partial charge on any atom is 0.265 e. The molecule has 2 rings (SSSR count). The Kier molecular flexibility index (Phi) is 4.12. The van der Waals surface area contributed by atoms with Crippen molar-refractivity contribution < 1.29 is 4.79 Å². The summed E-state index contributed by atoms with van der Waals surface area (Å²) >= 11 is 1.52. The van der Waals surface area contributed by atoms with Crippen LogP contribution in [0.2, 0.25) is 0 Å². The molecule has 0 aromatic carbocycles. The number of carbonyl (C=O) groups excluding carboxylic acids is 1. The van der Waals surface area contributed by atoms with Crippen LogP contribution < -0.4 is 5.32 Å². The van der Waals surface area contributed by atoms with E-state index in [1.54, 1.807) is 6.20 Å². The molecule has 1 amide bonds. The minimum atomic E-state index is 0.154. The van der Waals surface area contributed by atoms with Gasteiger partial charge in [-0.2, -0.15) is 0 Å². The molecule has 0 spiro atoms. The Hall–Kier alpha value is -0.940. The maximum atomic E-state index is 12.2. The van der Waals surface area contributed by atoms with Crippen LogP contribution in [0.5, 0.6) is 0 Å². The maximum absolute atomic E-state index is 12.2. The molecule has 94 valence electrons. The van der Waals surface area contributed by atoms with Crippen LogP contribution in [0.15, 0.2) is 6.20 Å². The topological polar surface area (TPSA) is 45.2 Å². The van der Waals surface area contributed by atoms with Gasteiger partial charge in [0, 0.05) is 13.1 Å². The van der Waals surface area contributed by atoms with Crippen LogP contribution in [-0.2, 0) is 6.42 Å². The fraction of sp³-hybridized carbons (Fsp3) is 0.667. The predicted octanol–water partition coefficient (Wildman–Crippen LogP) is 1.39. The summed E-state index contributed by atoms with van der Waals surface area (Å²) in [5.41, 5.74) is 0.